The van der Waals surface area contributed by atoms with Gasteiger partial charge in [-0.15, -0.1) is 0 Å². The highest BCUT2D eigenvalue weighted by Gasteiger charge is 2.16. The number of nitrogens with zero attached hydrogens (tertiary/aromatic N) is 1. The summed E-state index contributed by atoms with van der Waals surface area (Å²) in [7, 11) is 0. The molecule has 0 fully saturated rings. The number of ether oxygens (including phenoxy) is 1. The predicted octanol–water partition coefficient (Wildman–Crippen LogP) is 4.87. The van der Waals surface area contributed by atoms with Gasteiger partial charge in [0.05, 0.1) is 4.92 Å². The van der Waals surface area contributed by atoms with Crippen molar-refractivity contribution in [2.24, 2.45) is 5.73 Å². The van der Waals surface area contributed by atoms with Crippen LogP contribution >= 0.6 is 0 Å². The summed E-state index contributed by atoms with van der Waals surface area (Å²) in [4.78, 5) is 10.8. The molecule has 0 amide bonds. The fourth-order valence-corrected chi connectivity index (χ4v) is 2.10. The van der Waals surface area contributed by atoms with E-state index in [9.17, 15) is 10.1 Å². The standard InChI is InChI=1S/C17H19NO3.C3H9N/c1-2-3-7-14-10-11-17(16(12-14)18(19)20)21-13-15-8-5-4-6-9-15;1-2-3-4/h4-6,8-12H,2-3,7,13H2,1H3;2-4H2,1H3. The van der Waals surface area contributed by atoms with Gasteiger partial charge in [-0.1, -0.05) is 56.7 Å². The monoisotopic (exact) mass is 344 g/mol. The van der Waals surface area contributed by atoms with Crippen LogP contribution in [0.15, 0.2) is 48.5 Å². The molecule has 25 heavy (non-hydrogen) atoms. The number of nitrogens with two attached hydrogens (primary N) is 1. The van der Waals surface area contributed by atoms with E-state index >= 15 is 0 Å². The maximum atomic E-state index is 11.2. The van der Waals surface area contributed by atoms with Gasteiger partial charge < -0.3 is 10.5 Å². The average molecular weight is 344 g/mol. The van der Waals surface area contributed by atoms with Gasteiger partial charge in [0, 0.05) is 6.07 Å². The Labute approximate surface area is 150 Å². The highest BCUT2D eigenvalue weighted by atomic mass is 16.6. The Kier molecular flexibility index (Phi) is 9.94. The van der Waals surface area contributed by atoms with Crippen molar-refractivity contribution in [3.8, 4) is 5.75 Å². The number of benzene rings is 2. The van der Waals surface area contributed by atoms with Crippen LogP contribution in [0.5, 0.6) is 5.75 Å². The molecule has 5 heteroatoms. The molecule has 0 saturated heterocycles. The van der Waals surface area contributed by atoms with E-state index in [1.807, 2.05) is 36.4 Å². The summed E-state index contributed by atoms with van der Waals surface area (Å²) in [5, 5.41) is 11.2. The smallest absolute Gasteiger partial charge is 0.311 e. The minimum atomic E-state index is -0.379. The van der Waals surface area contributed by atoms with Gasteiger partial charge in [0.25, 0.3) is 0 Å². The molecule has 136 valence electrons. The predicted molar refractivity (Wildman–Crippen MR) is 102 cm³/mol. The van der Waals surface area contributed by atoms with Crippen molar-refractivity contribution >= 4 is 5.69 Å². The molecule has 0 bridgehead atoms. The first-order valence-corrected chi connectivity index (χ1v) is 8.76. The molecule has 0 heterocycles. The van der Waals surface area contributed by atoms with Crippen molar-refractivity contribution in [3.05, 3.63) is 69.8 Å². The third-order valence-corrected chi connectivity index (χ3v) is 3.56. The first-order chi connectivity index (χ1) is 12.1. The second kappa shape index (κ2) is 12.0. The lowest BCUT2D eigenvalue weighted by atomic mass is 10.1. The fourth-order valence-electron chi connectivity index (χ4n) is 2.10. The first-order valence-electron chi connectivity index (χ1n) is 8.76. The molecule has 2 aromatic carbocycles. The summed E-state index contributed by atoms with van der Waals surface area (Å²) >= 11 is 0. The van der Waals surface area contributed by atoms with E-state index < -0.39 is 0 Å². The van der Waals surface area contributed by atoms with Crippen LogP contribution < -0.4 is 10.5 Å². The lowest BCUT2D eigenvalue weighted by molar-refractivity contribution is -0.386. The Hall–Kier alpha value is -2.40. The van der Waals surface area contributed by atoms with Crippen LogP contribution in [0.3, 0.4) is 0 Å². The largest absolute Gasteiger partial charge is 0.482 e. The van der Waals surface area contributed by atoms with Crippen molar-refractivity contribution in [1.29, 1.82) is 0 Å². The zero-order valence-electron chi connectivity index (χ0n) is 15.1. The second-order valence-electron chi connectivity index (χ2n) is 5.73. The lowest BCUT2D eigenvalue weighted by Gasteiger charge is -2.08. The molecule has 2 aromatic rings. The summed E-state index contributed by atoms with van der Waals surface area (Å²) < 4.78 is 5.60. The Morgan fingerprint density at radius 1 is 1.04 bits per heavy atom. The van der Waals surface area contributed by atoms with Crippen molar-refractivity contribution in [3.63, 3.8) is 0 Å². The van der Waals surface area contributed by atoms with Gasteiger partial charge in [-0.2, -0.15) is 0 Å². The normalized spacial score (nSPS) is 9.88. The Balaban J connectivity index is 0.000000705. The van der Waals surface area contributed by atoms with Crippen LogP contribution in [-0.4, -0.2) is 11.5 Å². The van der Waals surface area contributed by atoms with Gasteiger partial charge in [0.1, 0.15) is 6.61 Å². The SMILES string of the molecule is CCCCc1ccc(OCc2ccccc2)c([N+](=O)[O-])c1.CCCN. The van der Waals surface area contributed by atoms with Gasteiger partial charge >= 0.3 is 5.69 Å². The number of nitro benzene ring substituents is 1. The van der Waals surface area contributed by atoms with E-state index in [1.54, 1.807) is 12.1 Å². The minimum absolute atomic E-state index is 0.0412. The zero-order chi connectivity index (χ0) is 18.5. The number of rotatable bonds is 8. The number of hydrogen-bond donors (Lipinski definition) is 1. The molecule has 2 rings (SSSR count). The van der Waals surface area contributed by atoms with E-state index in [2.05, 4.69) is 13.8 Å². The van der Waals surface area contributed by atoms with Gasteiger partial charge in [-0.05, 0) is 43.0 Å². The Morgan fingerprint density at radius 3 is 2.28 bits per heavy atom. The highest BCUT2D eigenvalue weighted by molar-refractivity contribution is 5.48. The molecule has 0 atom stereocenters. The van der Waals surface area contributed by atoms with Crippen LogP contribution in [0.1, 0.15) is 44.2 Å². The summed E-state index contributed by atoms with van der Waals surface area (Å²) in [5.74, 6) is 0.323. The lowest BCUT2D eigenvalue weighted by Crippen LogP contribution is -2.00. The van der Waals surface area contributed by atoms with Gasteiger partial charge in [-0.25, -0.2) is 0 Å². The van der Waals surface area contributed by atoms with E-state index in [0.717, 1.165) is 43.4 Å². The molecular weight excluding hydrogens is 316 g/mol. The third-order valence-electron chi connectivity index (χ3n) is 3.56. The molecule has 0 saturated carbocycles. The average Bonchev–Trinajstić information content (AvgIpc) is 2.66. The Bertz CT molecular complexity index is 628. The van der Waals surface area contributed by atoms with Crippen LogP contribution in [-0.2, 0) is 13.0 Å². The molecular formula is C20H28N2O3. The minimum Gasteiger partial charge on any atom is -0.482 e. The van der Waals surface area contributed by atoms with Gasteiger partial charge in [0.2, 0.25) is 0 Å². The van der Waals surface area contributed by atoms with Crippen molar-refractivity contribution in [2.45, 2.75) is 46.1 Å². The molecule has 5 nitrogen and oxygen atoms in total. The quantitative estimate of drug-likeness (QED) is 0.547. The van der Waals surface area contributed by atoms with Crippen LogP contribution in [0, 0.1) is 10.1 Å². The topological polar surface area (TPSA) is 78.4 Å². The molecule has 0 unspecified atom stereocenters. The van der Waals surface area contributed by atoms with E-state index in [0.29, 0.717) is 12.4 Å². The molecule has 0 aliphatic rings. The molecule has 0 aromatic heterocycles. The molecule has 0 spiro atoms. The Morgan fingerprint density at radius 2 is 1.72 bits per heavy atom. The number of unbranched alkanes of at least 4 members (excludes halogenated alkanes) is 1. The molecule has 2 N–H and O–H groups in total. The van der Waals surface area contributed by atoms with Gasteiger partial charge in [-0.3, -0.25) is 10.1 Å². The zero-order valence-corrected chi connectivity index (χ0v) is 15.1. The second-order valence-corrected chi connectivity index (χ2v) is 5.73. The van der Waals surface area contributed by atoms with Crippen molar-refractivity contribution < 1.29 is 9.66 Å². The van der Waals surface area contributed by atoms with Crippen molar-refractivity contribution in [1.82, 2.24) is 0 Å². The number of nitro groups is 1. The maximum Gasteiger partial charge on any atom is 0.311 e. The highest BCUT2D eigenvalue weighted by Crippen LogP contribution is 2.29. The summed E-state index contributed by atoms with van der Waals surface area (Å²) in [6.45, 7) is 5.31. The fraction of sp³-hybridized carbons (Fsp3) is 0.400. The van der Waals surface area contributed by atoms with E-state index in [-0.39, 0.29) is 10.6 Å². The number of hydrogen-bond acceptors (Lipinski definition) is 4. The molecule has 0 radical (unpaired) electrons. The van der Waals surface area contributed by atoms with Crippen LogP contribution in [0.2, 0.25) is 0 Å². The van der Waals surface area contributed by atoms with E-state index in [1.165, 1.54) is 0 Å². The van der Waals surface area contributed by atoms with Crippen LogP contribution in [0.4, 0.5) is 5.69 Å². The van der Waals surface area contributed by atoms with Crippen molar-refractivity contribution in [2.75, 3.05) is 6.54 Å². The first kappa shape index (κ1) is 20.6. The van der Waals surface area contributed by atoms with Gasteiger partial charge in [0.15, 0.2) is 5.75 Å². The maximum absolute atomic E-state index is 11.2. The number of aryl methyl sites for hydroxylation is 1. The summed E-state index contributed by atoms with van der Waals surface area (Å²) in [5.41, 5.74) is 7.04. The third kappa shape index (κ3) is 7.81. The summed E-state index contributed by atoms with van der Waals surface area (Å²) in [6.07, 6.45) is 4.05. The van der Waals surface area contributed by atoms with E-state index in [4.69, 9.17) is 10.5 Å². The molecule has 0 aliphatic carbocycles. The van der Waals surface area contributed by atoms with Crippen LogP contribution in [0.25, 0.3) is 0 Å². The molecule has 0 aliphatic heterocycles. The summed E-state index contributed by atoms with van der Waals surface area (Å²) in [6, 6.07) is 14.9.